The Bertz CT molecular complexity index is 1610. The zero-order chi connectivity index (χ0) is 28.2. The highest BCUT2D eigenvalue weighted by Crippen LogP contribution is 2.42. The van der Waals surface area contributed by atoms with Gasteiger partial charge in [0, 0.05) is 22.3 Å². The van der Waals surface area contributed by atoms with Crippen molar-refractivity contribution in [3.63, 3.8) is 0 Å². The lowest BCUT2D eigenvalue weighted by atomic mass is 10.2. The number of ether oxygens (including phenoxy) is 2. The van der Waals surface area contributed by atoms with Gasteiger partial charge in [0.1, 0.15) is 22.1 Å². The van der Waals surface area contributed by atoms with E-state index in [0.29, 0.717) is 38.3 Å². The van der Waals surface area contributed by atoms with Crippen LogP contribution in [0.4, 0.5) is 17.1 Å². The van der Waals surface area contributed by atoms with Crippen molar-refractivity contribution in [2.75, 3.05) is 29.8 Å². The Kier molecular flexibility index (Phi) is 7.90. The Hall–Kier alpha value is -4.54. The summed E-state index contributed by atoms with van der Waals surface area (Å²) in [6.45, 7) is 1.97. The zero-order valence-corrected chi connectivity index (χ0v) is 23.5. The highest BCUT2D eigenvalue weighted by atomic mass is 32.2. The fourth-order valence-corrected chi connectivity index (χ4v) is 5.65. The number of benzene rings is 3. The number of aryl methyl sites for hydroxylation is 1. The maximum absolute atomic E-state index is 13.8. The summed E-state index contributed by atoms with van der Waals surface area (Å²) < 4.78 is 10.8. The Labute approximate surface area is 239 Å². The fourth-order valence-electron chi connectivity index (χ4n) is 4.04. The van der Waals surface area contributed by atoms with Gasteiger partial charge in [0.25, 0.3) is 17.7 Å². The second-order valence-corrected chi connectivity index (χ2v) is 10.8. The number of anilines is 3. The molecule has 0 saturated heterocycles. The van der Waals surface area contributed by atoms with Crippen LogP contribution in [0.2, 0.25) is 0 Å². The monoisotopic (exact) mass is 571 g/mol. The summed E-state index contributed by atoms with van der Waals surface area (Å²) in [6.07, 6.45) is 0. The van der Waals surface area contributed by atoms with Crippen LogP contribution < -0.4 is 25.0 Å². The van der Waals surface area contributed by atoms with Gasteiger partial charge < -0.3 is 20.1 Å². The van der Waals surface area contributed by atoms with E-state index in [9.17, 15) is 14.4 Å². The number of carbonyl (C=O) groups excluding carboxylic acids is 3. The van der Waals surface area contributed by atoms with Crippen molar-refractivity contribution in [1.82, 2.24) is 0 Å². The average Bonchev–Trinajstić information content (AvgIpc) is 3.58. The van der Waals surface area contributed by atoms with E-state index in [-0.39, 0.29) is 16.5 Å². The second kappa shape index (κ2) is 11.7. The van der Waals surface area contributed by atoms with Gasteiger partial charge in [-0.25, -0.2) is 4.90 Å². The third-order valence-corrected chi connectivity index (χ3v) is 7.99. The average molecular weight is 572 g/mol. The van der Waals surface area contributed by atoms with Crippen molar-refractivity contribution in [1.29, 1.82) is 0 Å². The maximum atomic E-state index is 13.8. The van der Waals surface area contributed by atoms with E-state index in [2.05, 4.69) is 10.6 Å². The first kappa shape index (κ1) is 27.0. The minimum absolute atomic E-state index is 0.143. The van der Waals surface area contributed by atoms with E-state index >= 15 is 0 Å². The van der Waals surface area contributed by atoms with Crippen molar-refractivity contribution in [2.45, 2.75) is 11.8 Å². The molecule has 202 valence electrons. The van der Waals surface area contributed by atoms with Gasteiger partial charge in [-0.1, -0.05) is 41.6 Å². The smallest absolute Gasteiger partial charge is 0.283 e. The number of hydrogen-bond acceptors (Lipinski definition) is 8. The van der Waals surface area contributed by atoms with Crippen molar-refractivity contribution < 1.29 is 23.9 Å². The fraction of sp³-hybridized carbons (Fsp3) is 0.100. The number of rotatable bonds is 9. The first-order valence-electron chi connectivity index (χ1n) is 12.2. The summed E-state index contributed by atoms with van der Waals surface area (Å²) in [5.74, 6) is -0.385. The molecule has 0 atom stereocenters. The molecule has 2 heterocycles. The van der Waals surface area contributed by atoms with Gasteiger partial charge in [-0.15, -0.1) is 11.3 Å². The lowest BCUT2D eigenvalue weighted by molar-refractivity contribution is -0.120. The lowest BCUT2D eigenvalue weighted by Crippen LogP contribution is -2.32. The number of imide groups is 1. The first-order chi connectivity index (χ1) is 19.4. The predicted molar refractivity (Wildman–Crippen MR) is 158 cm³/mol. The van der Waals surface area contributed by atoms with Gasteiger partial charge in [-0.05, 0) is 60.8 Å². The summed E-state index contributed by atoms with van der Waals surface area (Å²) in [5, 5.41) is 7.87. The van der Waals surface area contributed by atoms with Gasteiger partial charge in [0.15, 0.2) is 0 Å². The largest absolute Gasteiger partial charge is 0.497 e. The van der Waals surface area contributed by atoms with Crippen LogP contribution in [-0.2, 0) is 9.59 Å². The molecule has 0 unspecified atom stereocenters. The second-order valence-electron chi connectivity index (χ2n) is 8.74. The molecule has 0 saturated carbocycles. The minimum Gasteiger partial charge on any atom is -0.497 e. The molecule has 4 aromatic rings. The third-order valence-electron chi connectivity index (χ3n) is 6.05. The number of thioether (sulfide) groups is 1. The van der Waals surface area contributed by atoms with Gasteiger partial charge in [-0.3, -0.25) is 14.4 Å². The Morgan fingerprint density at radius 1 is 0.875 bits per heavy atom. The summed E-state index contributed by atoms with van der Waals surface area (Å²) in [6, 6.07) is 23.1. The number of methoxy groups -OCH3 is 2. The van der Waals surface area contributed by atoms with Crippen molar-refractivity contribution in [3.05, 3.63) is 105 Å². The van der Waals surface area contributed by atoms with Crippen LogP contribution in [0.15, 0.2) is 99.7 Å². The quantitative estimate of drug-likeness (QED) is 0.227. The predicted octanol–water partition coefficient (Wildman–Crippen LogP) is 6.32. The van der Waals surface area contributed by atoms with E-state index in [1.54, 1.807) is 42.5 Å². The summed E-state index contributed by atoms with van der Waals surface area (Å²) in [4.78, 5) is 42.8. The molecule has 10 heteroatoms. The highest BCUT2D eigenvalue weighted by molar-refractivity contribution is 8.04. The molecule has 0 fully saturated rings. The minimum atomic E-state index is -0.515. The van der Waals surface area contributed by atoms with Crippen molar-refractivity contribution in [3.8, 4) is 11.5 Å². The van der Waals surface area contributed by atoms with Crippen LogP contribution in [0.25, 0.3) is 0 Å². The normalized spacial score (nSPS) is 13.0. The number of hydrogen-bond donors (Lipinski definition) is 2. The standard InChI is InChI=1S/C30H25N3O5S2/c1-18-9-11-19(12-10-18)31-26-27(30(36)33(29(26)35)23-14-13-21(37-2)17-24(23)38-3)40-22-7-4-6-20(16-22)32-28(34)25-8-5-15-39-25/h4-17,31H,1-3H3,(H,32,34). The van der Waals surface area contributed by atoms with Crippen LogP contribution in [-0.4, -0.2) is 31.9 Å². The van der Waals surface area contributed by atoms with Gasteiger partial charge in [0.2, 0.25) is 0 Å². The molecule has 3 amide bonds. The molecule has 3 aromatic carbocycles. The third kappa shape index (κ3) is 5.58. The molecule has 0 spiro atoms. The number of nitrogens with zero attached hydrogens (tertiary/aromatic N) is 1. The molecule has 5 rings (SSSR count). The Morgan fingerprint density at radius 3 is 2.38 bits per heavy atom. The molecule has 0 aliphatic carbocycles. The summed E-state index contributed by atoms with van der Waals surface area (Å²) >= 11 is 2.49. The van der Waals surface area contributed by atoms with Crippen LogP contribution in [0, 0.1) is 6.92 Å². The van der Waals surface area contributed by atoms with E-state index in [1.165, 1.54) is 25.6 Å². The number of thiophene rings is 1. The van der Waals surface area contributed by atoms with Crippen molar-refractivity contribution in [2.24, 2.45) is 0 Å². The molecule has 2 N–H and O–H groups in total. The van der Waals surface area contributed by atoms with E-state index in [1.807, 2.05) is 48.7 Å². The van der Waals surface area contributed by atoms with Gasteiger partial charge in [0.05, 0.1) is 24.8 Å². The number of carbonyl (C=O) groups is 3. The molecular weight excluding hydrogens is 546 g/mol. The topological polar surface area (TPSA) is 97.0 Å². The molecule has 0 radical (unpaired) electrons. The van der Waals surface area contributed by atoms with E-state index in [0.717, 1.165) is 22.2 Å². The first-order valence-corrected chi connectivity index (χ1v) is 13.9. The SMILES string of the molecule is COc1ccc(N2C(=O)C(Nc3ccc(C)cc3)=C(Sc3cccc(NC(=O)c4cccs4)c3)C2=O)c(OC)c1. The molecule has 40 heavy (non-hydrogen) atoms. The summed E-state index contributed by atoms with van der Waals surface area (Å²) in [5.41, 5.74) is 2.75. The number of amides is 3. The zero-order valence-electron chi connectivity index (χ0n) is 21.9. The maximum Gasteiger partial charge on any atom is 0.283 e. The Balaban J connectivity index is 1.49. The molecule has 1 aliphatic heterocycles. The molecule has 1 aromatic heterocycles. The van der Waals surface area contributed by atoms with Crippen LogP contribution in [0.1, 0.15) is 15.2 Å². The van der Waals surface area contributed by atoms with Crippen LogP contribution in [0.3, 0.4) is 0 Å². The number of nitrogens with one attached hydrogen (secondary N) is 2. The van der Waals surface area contributed by atoms with Gasteiger partial charge in [-0.2, -0.15) is 0 Å². The lowest BCUT2D eigenvalue weighted by Gasteiger charge is -2.19. The molecule has 8 nitrogen and oxygen atoms in total. The summed E-state index contributed by atoms with van der Waals surface area (Å²) in [7, 11) is 2.99. The van der Waals surface area contributed by atoms with E-state index in [4.69, 9.17) is 9.47 Å². The van der Waals surface area contributed by atoms with Crippen LogP contribution >= 0.6 is 23.1 Å². The van der Waals surface area contributed by atoms with E-state index < -0.39 is 11.8 Å². The Morgan fingerprint density at radius 2 is 1.68 bits per heavy atom. The molecule has 0 bridgehead atoms. The van der Waals surface area contributed by atoms with Crippen molar-refractivity contribution >= 4 is 57.9 Å². The molecule has 1 aliphatic rings. The van der Waals surface area contributed by atoms with Gasteiger partial charge >= 0.3 is 0 Å². The molecular formula is C30H25N3O5S2. The van der Waals surface area contributed by atoms with Crippen LogP contribution in [0.5, 0.6) is 11.5 Å². The highest BCUT2D eigenvalue weighted by Gasteiger charge is 2.41.